The van der Waals surface area contributed by atoms with Gasteiger partial charge in [0.1, 0.15) is 5.60 Å². The number of fused-ring (bicyclic) bond motifs is 4. The number of ether oxygens (including phenoxy) is 3. The molecule has 192 valence electrons. The van der Waals surface area contributed by atoms with Crippen LogP contribution in [0.2, 0.25) is 0 Å². The van der Waals surface area contributed by atoms with E-state index in [1.807, 2.05) is 19.1 Å². The van der Waals surface area contributed by atoms with Gasteiger partial charge in [-0.1, -0.05) is 18.2 Å². The number of hydrogen-bond acceptors (Lipinski definition) is 6. The molecular formula is C28H34N2O6. The first kappa shape index (κ1) is 24.6. The van der Waals surface area contributed by atoms with Crippen molar-refractivity contribution in [1.82, 2.24) is 4.90 Å². The molecule has 3 aliphatic heterocycles. The lowest BCUT2D eigenvalue weighted by molar-refractivity contribution is -0.187. The minimum absolute atomic E-state index is 0.0400. The molecule has 36 heavy (non-hydrogen) atoms. The number of nitrogens with zero attached hydrogens (tertiary/aromatic N) is 1. The fourth-order valence-corrected chi connectivity index (χ4v) is 5.91. The summed E-state index contributed by atoms with van der Waals surface area (Å²) in [5.41, 5.74) is 1.29. The van der Waals surface area contributed by atoms with Crippen molar-refractivity contribution in [3.05, 3.63) is 53.6 Å². The maximum atomic E-state index is 12.7. The second-order valence-electron chi connectivity index (χ2n) is 10.5. The van der Waals surface area contributed by atoms with Crippen LogP contribution in [-0.2, 0) is 9.53 Å². The van der Waals surface area contributed by atoms with Crippen molar-refractivity contribution in [3.63, 3.8) is 0 Å². The number of carboxylic acids is 1. The number of likely N-dealkylation sites (tertiary alicyclic amines) is 1. The molecule has 2 aromatic rings. The summed E-state index contributed by atoms with van der Waals surface area (Å²) >= 11 is 0. The van der Waals surface area contributed by atoms with E-state index in [0.717, 1.165) is 43.0 Å². The molecule has 0 saturated carbocycles. The number of hydrogen-bond donors (Lipinski definition) is 2. The van der Waals surface area contributed by atoms with Crippen LogP contribution in [0.4, 0.5) is 5.69 Å². The molecule has 3 aliphatic rings. The Morgan fingerprint density at radius 1 is 1.22 bits per heavy atom. The van der Waals surface area contributed by atoms with E-state index < -0.39 is 11.6 Å². The minimum Gasteiger partial charge on any atom is -0.490 e. The molecule has 0 radical (unpaired) electrons. The Kier molecular flexibility index (Phi) is 6.66. The van der Waals surface area contributed by atoms with Crippen molar-refractivity contribution in [2.24, 2.45) is 11.8 Å². The highest BCUT2D eigenvalue weighted by Gasteiger charge is 2.52. The molecule has 5 rings (SSSR count). The minimum atomic E-state index is -1.02. The van der Waals surface area contributed by atoms with Gasteiger partial charge in [0.15, 0.2) is 11.5 Å². The molecule has 0 aliphatic carbocycles. The molecule has 1 amide bonds. The lowest BCUT2D eigenvalue weighted by Gasteiger charge is -2.53. The van der Waals surface area contributed by atoms with Crippen LogP contribution < -0.4 is 14.8 Å². The number of piperidine rings is 1. The third-order valence-electron chi connectivity index (χ3n) is 7.63. The third kappa shape index (κ3) is 4.80. The number of carbonyl (C=O) groups is 2. The van der Waals surface area contributed by atoms with Crippen LogP contribution in [0.5, 0.6) is 11.5 Å². The van der Waals surface area contributed by atoms with Gasteiger partial charge in [-0.15, -0.1) is 0 Å². The summed E-state index contributed by atoms with van der Waals surface area (Å²) in [7, 11) is 0. The summed E-state index contributed by atoms with van der Waals surface area (Å²) < 4.78 is 19.1. The van der Waals surface area contributed by atoms with Gasteiger partial charge in [0.25, 0.3) is 0 Å². The van der Waals surface area contributed by atoms with E-state index in [2.05, 4.69) is 30.1 Å². The Morgan fingerprint density at radius 2 is 2.03 bits per heavy atom. The summed E-state index contributed by atoms with van der Waals surface area (Å²) in [6.07, 6.45) is 1.91. The van der Waals surface area contributed by atoms with Gasteiger partial charge in [-0.25, -0.2) is 4.79 Å². The molecule has 0 spiro atoms. The highest BCUT2D eigenvalue weighted by Crippen LogP contribution is 2.55. The highest BCUT2D eigenvalue weighted by molar-refractivity contribution is 5.94. The predicted molar refractivity (Wildman–Crippen MR) is 135 cm³/mol. The number of rotatable bonds is 6. The number of aromatic carboxylic acids is 1. The van der Waals surface area contributed by atoms with Gasteiger partial charge < -0.3 is 24.6 Å². The Morgan fingerprint density at radius 3 is 2.81 bits per heavy atom. The average Bonchev–Trinajstić information content (AvgIpc) is 2.84. The fourth-order valence-electron chi connectivity index (χ4n) is 5.91. The summed E-state index contributed by atoms with van der Waals surface area (Å²) in [6, 6.07) is 12.4. The maximum Gasteiger partial charge on any atom is 0.335 e. The summed E-state index contributed by atoms with van der Waals surface area (Å²) in [6.45, 7) is 8.60. The van der Waals surface area contributed by atoms with E-state index in [0.29, 0.717) is 18.2 Å². The van der Waals surface area contributed by atoms with Crippen LogP contribution in [0, 0.1) is 11.8 Å². The highest BCUT2D eigenvalue weighted by atomic mass is 16.5. The molecule has 0 unspecified atom stereocenters. The largest absolute Gasteiger partial charge is 0.490 e. The molecular weight excluding hydrogens is 460 g/mol. The molecule has 0 bridgehead atoms. The molecule has 8 heteroatoms. The van der Waals surface area contributed by atoms with Crippen molar-refractivity contribution >= 4 is 17.6 Å². The quantitative estimate of drug-likeness (QED) is 0.616. The standard InChI is InChI=1S/C28H34N2O6/c1-4-34-23-10-6-9-20-25-21(28(2,3)36-26(20)23)14-18-15-30(12-11-22(18)35-25)16-24(31)29-19-8-5-7-17(13-19)27(32)33/h5-10,13,18,21-22,25H,4,11-12,14-16H2,1-3H3,(H,29,31)(H,32,33)/t18-,21-,22-,25+/m1/s1. The van der Waals surface area contributed by atoms with E-state index in [4.69, 9.17) is 14.2 Å². The molecule has 8 nitrogen and oxygen atoms in total. The van der Waals surface area contributed by atoms with Crippen molar-refractivity contribution < 1.29 is 28.9 Å². The van der Waals surface area contributed by atoms with Gasteiger partial charge in [0, 0.05) is 30.3 Å². The average molecular weight is 495 g/mol. The van der Waals surface area contributed by atoms with Gasteiger partial charge in [0.05, 0.1) is 30.9 Å². The third-order valence-corrected chi connectivity index (χ3v) is 7.63. The van der Waals surface area contributed by atoms with E-state index in [1.165, 1.54) is 12.1 Å². The molecule has 2 saturated heterocycles. The van der Waals surface area contributed by atoms with Crippen molar-refractivity contribution in [1.29, 1.82) is 0 Å². The summed E-state index contributed by atoms with van der Waals surface area (Å²) in [5, 5.41) is 12.0. The first-order chi connectivity index (χ1) is 17.2. The van der Waals surface area contributed by atoms with Crippen LogP contribution in [0.3, 0.4) is 0 Å². The number of amides is 1. The Bertz CT molecular complexity index is 1150. The predicted octanol–water partition coefficient (Wildman–Crippen LogP) is 4.36. The monoisotopic (exact) mass is 494 g/mol. The number of carboxylic acid groups (broad SMARTS) is 1. The Balaban J connectivity index is 1.25. The molecule has 2 fully saturated rings. The molecule has 3 heterocycles. The van der Waals surface area contributed by atoms with Crippen LogP contribution in [-0.4, -0.2) is 59.8 Å². The molecule has 0 aromatic heterocycles. The zero-order valence-electron chi connectivity index (χ0n) is 21.0. The van der Waals surface area contributed by atoms with E-state index in [9.17, 15) is 14.7 Å². The second kappa shape index (κ2) is 9.75. The normalized spacial score (nSPS) is 26.5. The molecule has 2 aromatic carbocycles. The number of anilines is 1. The topological polar surface area (TPSA) is 97.3 Å². The molecule has 2 N–H and O–H groups in total. The summed E-state index contributed by atoms with van der Waals surface area (Å²) in [5.74, 6) is 0.893. The van der Waals surface area contributed by atoms with E-state index in [-0.39, 0.29) is 36.1 Å². The van der Waals surface area contributed by atoms with E-state index in [1.54, 1.807) is 12.1 Å². The zero-order valence-corrected chi connectivity index (χ0v) is 21.0. The lowest BCUT2D eigenvalue weighted by atomic mass is 9.70. The van der Waals surface area contributed by atoms with Crippen LogP contribution in [0.15, 0.2) is 42.5 Å². The molecule has 4 atom stereocenters. The zero-order chi connectivity index (χ0) is 25.4. The Labute approximate surface area is 211 Å². The van der Waals surface area contributed by atoms with Crippen molar-refractivity contribution in [2.75, 3.05) is 31.6 Å². The number of para-hydroxylation sites is 1. The first-order valence-electron chi connectivity index (χ1n) is 12.7. The number of benzene rings is 2. The Hall–Kier alpha value is -3.10. The lowest BCUT2D eigenvalue weighted by Crippen LogP contribution is -2.55. The summed E-state index contributed by atoms with van der Waals surface area (Å²) in [4.78, 5) is 26.1. The number of carbonyl (C=O) groups excluding carboxylic acids is 1. The van der Waals surface area contributed by atoms with Gasteiger partial charge in [-0.2, -0.15) is 0 Å². The van der Waals surface area contributed by atoms with Crippen LogP contribution in [0.1, 0.15) is 55.6 Å². The van der Waals surface area contributed by atoms with Crippen molar-refractivity contribution in [2.45, 2.75) is 51.4 Å². The van der Waals surface area contributed by atoms with Gasteiger partial charge in [-0.3, -0.25) is 9.69 Å². The SMILES string of the molecule is CCOc1cccc2c1OC(C)(C)[C@@H]1C[C@@H]3CN(CC(=O)Nc4cccc(C(=O)O)c4)CC[C@H]3O[C@@H]21. The van der Waals surface area contributed by atoms with Crippen molar-refractivity contribution in [3.8, 4) is 11.5 Å². The van der Waals surface area contributed by atoms with Gasteiger partial charge in [0.2, 0.25) is 5.91 Å². The second-order valence-corrected chi connectivity index (χ2v) is 10.5. The first-order valence-corrected chi connectivity index (χ1v) is 12.7. The van der Waals surface area contributed by atoms with Crippen LogP contribution in [0.25, 0.3) is 0 Å². The van der Waals surface area contributed by atoms with Gasteiger partial charge in [-0.05, 0) is 63.8 Å². The smallest absolute Gasteiger partial charge is 0.335 e. The van der Waals surface area contributed by atoms with Gasteiger partial charge >= 0.3 is 5.97 Å². The maximum absolute atomic E-state index is 12.7. The van der Waals surface area contributed by atoms with Crippen LogP contribution >= 0.6 is 0 Å². The fraction of sp³-hybridized carbons (Fsp3) is 0.500. The number of nitrogens with one attached hydrogen (secondary N) is 1. The van der Waals surface area contributed by atoms with E-state index >= 15 is 0 Å².